The SMILES string of the molecule is Cn1cc(S(=O)(=O)N2CCC(C(=O)Nc3ccc4c(c3)OCO4)CC2)cn1. The highest BCUT2D eigenvalue weighted by atomic mass is 32.2. The van der Waals surface area contributed by atoms with Crippen molar-refractivity contribution < 1.29 is 22.7 Å². The van der Waals surface area contributed by atoms with E-state index in [1.165, 1.54) is 21.4 Å². The van der Waals surface area contributed by atoms with Crippen molar-refractivity contribution in [1.82, 2.24) is 14.1 Å². The number of nitrogens with one attached hydrogen (secondary N) is 1. The van der Waals surface area contributed by atoms with Crippen molar-refractivity contribution >= 4 is 21.6 Å². The lowest BCUT2D eigenvalue weighted by Crippen LogP contribution is -2.41. The van der Waals surface area contributed by atoms with Crippen LogP contribution in [0.5, 0.6) is 11.5 Å². The summed E-state index contributed by atoms with van der Waals surface area (Å²) in [5, 5.41) is 6.79. The van der Waals surface area contributed by atoms with Crippen LogP contribution in [-0.2, 0) is 21.9 Å². The van der Waals surface area contributed by atoms with E-state index < -0.39 is 10.0 Å². The third kappa shape index (κ3) is 3.50. The number of nitrogens with zero attached hydrogens (tertiary/aromatic N) is 3. The first-order valence-corrected chi connectivity index (χ1v) is 10.1. The Morgan fingerprint density at radius 2 is 1.96 bits per heavy atom. The van der Waals surface area contributed by atoms with Crippen molar-refractivity contribution in [3.63, 3.8) is 0 Å². The maximum Gasteiger partial charge on any atom is 0.246 e. The average Bonchev–Trinajstić information content (AvgIpc) is 3.30. The average molecular weight is 392 g/mol. The van der Waals surface area contributed by atoms with Crippen LogP contribution in [0.25, 0.3) is 0 Å². The van der Waals surface area contributed by atoms with Crippen LogP contribution < -0.4 is 14.8 Å². The largest absolute Gasteiger partial charge is 0.454 e. The van der Waals surface area contributed by atoms with Crippen LogP contribution in [0.4, 0.5) is 5.69 Å². The lowest BCUT2D eigenvalue weighted by atomic mass is 9.97. The number of aryl methyl sites for hydroxylation is 1. The summed E-state index contributed by atoms with van der Waals surface area (Å²) < 4.78 is 38.7. The van der Waals surface area contributed by atoms with E-state index in [0.717, 1.165) is 0 Å². The van der Waals surface area contributed by atoms with E-state index in [9.17, 15) is 13.2 Å². The number of amides is 1. The predicted molar refractivity (Wildman–Crippen MR) is 95.9 cm³/mol. The van der Waals surface area contributed by atoms with E-state index in [0.29, 0.717) is 43.1 Å². The molecule has 4 rings (SSSR count). The maximum atomic E-state index is 12.6. The van der Waals surface area contributed by atoms with Gasteiger partial charge in [-0.2, -0.15) is 9.40 Å². The Balaban J connectivity index is 1.37. The number of carbonyl (C=O) groups is 1. The van der Waals surface area contributed by atoms with E-state index in [1.807, 2.05) is 0 Å². The highest BCUT2D eigenvalue weighted by Crippen LogP contribution is 2.34. The quantitative estimate of drug-likeness (QED) is 0.838. The molecular weight excluding hydrogens is 372 g/mol. The lowest BCUT2D eigenvalue weighted by molar-refractivity contribution is -0.120. The second-order valence-electron chi connectivity index (χ2n) is 6.59. The number of hydrogen-bond acceptors (Lipinski definition) is 6. The van der Waals surface area contributed by atoms with E-state index in [2.05, 4.69) is 10.4 Å². The summed E-state index contributed by atoms with van der Waals surface area (Å²) >= 11 is 0. The van der Waals surface area contributed by atoms with Gasteiger partial charge in [0.15, 0.2) is 11.5 Å². The fourth-order valence-electron chi connectivity index (χ4n) is 3.26. The minimum absolute atomic E-state index is 0.118. The summed E-state index contributed by atoms with van der Waals surface area (Å²) in [5.74, 6) is 0.898. The Morgan fingerprint density at radius 1 is 1.22 bits per heavy atom. The number of ether oxygens (including phenoxy) is 2. The van der Waals surface area contributed by atoms with Gasteiger partial charge < -0.3 is 14.8 Å². The highest BCUT2D eigenvalue weighted by Gasteiger charge is 2.32. The predicted octanol–water partition coefficient (Wildman–Crippen LogP) is 1.19. The summed E-state index contributed by atoms with van der Waals surface area (Å²) in [4.78, 5) is 12.7. The molecule has 10 heteroatoms. The Hall–Kier alpha value is -2.59. The molecule has 27 heavy (non-hydrogen) atoms. The summed E-state index contributed by atoms with van der Waals surface area (Å²) in [6.07, 6.45) is 3.76. The molecule has 3 heterocycles. The smallest absolute Gasteiger partial charge is 0.246 e. The van der Waals surface area contributed by atoms with Crippen molar-refractivity contribution in [2.24, 2.45) is 13.0 Å². The van der Waals surface area contributed by atoms with Crippen molar-refractivity contribution in [2.45, 2.75) is 17.7 Å². The minimum atomic E-state index is -3.57. The molecule has 0 radical (unpaired) electrons. The molecule has 1 N–H and O–H groups in total. The molecule has 2 aromatic rings. The molecule has 1 amide bonds. The summed E-state index contributed by atoms with van der Waals surface area (Å²) in [6.45, 7) is 0.781. The van der Waals surface area contributed by atoms with Crippen molar-refractivity contribution in [2.75, 3.05) is 25.2 Å². The third-order valence-electron chi connectivity index (χ3n) is 4.78. The van der Waals surface area contributed by atoms with Crippen LogP contribution in [0.1, 0.15) is 12.8 Å². The van der Waals surface area contributed by atoms with Crippen LogP contribution in [0.2, 0.25) is 0 Å². The molecule has 1 fully saturated rings. The molecule has 0 spiro atoms. The number of sulfonamides is 1. The van der Waals surface area contributed by atoms with Gasteiger partial charge in [0.05, 0.1) is 6.20 Å². The normalized spacial score (nSPS) is 17.8. The number of benzene rings is 1. The second kappa shape index (κ2) is 6.86. The molecule has 144 valence electrons. The van der Waals surface area contributed by atoms with E-state index in [1.54, 1.807) is 25.2 Å². The third-order valence-corrected chi connectivity index (χ3v) is 6.64. The zero-order chi connectivity index (χ0) is 19.0. The monoisotopic (exact) mass is 392 g/mol. The van der Waals surface area contributed by atoms with Gasteiger partial charge in [0.2, 0.25) is 22.7 Å². The van der Waals surface area contributed by atoms with Crippen LogP contribution in [0.15, 0.2) is 35.5 Å². The molecule has 9 nitrogen and oxygen atoms in total. The van der Waals surface area contributed by atoms with Gasteiger partial charge in [-0.3, -0.25) is 9.48 Å². The number of carbonyl (C=O) groups excluding carboxylic acids is 1. The summed E-state index contributed by atoms with van der Waals surface area (Å²) in [6, 6.07) is 5.23. The van der Waals surface area contributed by atoms with Crippen molar-refractivity contribution in [1.29, 1.82) is 0 Å². The molecule has 0 saturated carbocycles. The number of anilines is 1. The Labute approximate surface area is 156 Å². The Kier molecular flexibility index (Phi) is 4.52. The van der Waals surface area contributed by atoms with E-state index >= 15 is 0 Å². The zero-order valence-corrected chi connectivity index (χ0v) is 15.6. The number of rotatable bonds is 4. The molecule has 0 aliphatic carbocycles. The minimum Gasteiger partial charge on any atom is -0.454 e. The van der Waals surface area contributed by atoms with E-state index in [4.69, 9.17) is 9.47 Å². The van der Waals surface area contributed by atoms with Gasteiger partial charge in [-0.05, 0) is 25.0 Å². The molecule has 0 atom stereocenters. The summed E-state index contributed by atoms with van der Waals surface area (Å²) in [5.41, 5.74) is 0.634. The first-order valence-electron chi connectivity index (χ1n) is 8.63. The zero-order valence-electron chi connectivity index (χ0n) is 14.8. The van der Waals surface area contributed by atoms with Crippen LogP contribution in [0, 0.1) is 5.92 Å². The lowest BCUT2D eigenvalue weighted by Gasteiger charge is -2.30. The van der Waals surface area contributed by atoms with Gasteiger partial charge >= 0.3 is 0 Å². The summed E-state index contributed by atoms with van der Waals surface area (Å²) in [7, 11) is -1.90. The molecule has 0 unspecified atom stereocenters. The van der Waals surface area contributed by atoms with Gasteiger partial charge in [0.25, 0.3) is 0 Å². The van der Waals surface area contributed by atoms with Gasteiger partial charge in [-0.15, -0.1) is 0 Å². The van der Waals surface area contributed by atoms with Crippen LogP contribution in [0.3, 0.4) is 0 Å². The second-order valence-corrected chi connectivity index (χ2v) is 8.52. The number of fused-ring (bicyclic) bond motifs is 1. The molecule has 1 aromatic heterocycles. The van der Waals surface area contributed by atoms with Crippen molar-refractivity contribution in [3.05, 3.63) is 30.6 Å². The van der Waals surface area contributed by atoms with Crippen molar-refractivity contribution in [3.8, 4) is 11.5 Å². The van der Waals surface area contributed by atoms with Gasteiger partial charge in [0.1, 0.15) is 4.90 Å². The fraction of sp³-hybridized carbons (Fsp3) is 0.412. The number of piperidine rings is 1. The Morgan fingerprint density at radius 3 is 2.67 bits per heavy atom. The highest BCUT2D eigenvalue weighted by molar-refractivity contribution is 7.89. The molecule has 0 bridgehead atoms. The topological polar surface area (TPSA) is 103 Å². The molecular formula is C17H20N4O5S. The standard InChI is InChI=1S/C17H20N4O5S/c1-20-10-14(9-18-20)27(23,24)21-6-4-12(5-7-21)17(22)19-13-2-3-15-16(8-13)26-11-25-15/h2-3,8-10,12H,4-7,11H2,1H3,(H,19,22). The van der Waals surface area contributed by atoms with Gasteiger partial charge in [-0.25, -0.2) is 8.42 Å². The first-order chi connectivity index (χ1) is 12.9. The van der Waals surface area contributed by atoms with E-state index in [-0.39, 0.29) is 23.5 Å². The first kappa shape index (κ1) is 17.8. The molecule has 2 aliphatic heterocycles. The van der Waals surface area contributed by atoms with Crippen LogP contribution in [-0.4, -0.2) is 48.3 Å². The van der Waals surface area contributed by atoms with Gasteiger partial charge in [0, 0.05) is 44.0 Å². The molecule has 1 aromatic carbocycles. The van der Waals surface area contributed by atoms with Gasteiger partial charge in [-0.1, -0.05) is 0 Å². The fourth-order valence-corrected chi connectivity index (χ4v) is 4.71. The molecule has 1 saturated heterocycles. The molecule has 2 aliphatic rings. The van der Waals surface area contributed by atoms with Crippen LogP contribution >= 0.6 is 0 Å². The Bertz CT molecular complexity index is 963. The maximum absolute atomic E-state index is 12.6. The number of aromatic nitrogens is 2. The number of hydrogen-bond donors (Lipinski definition) is 1.